The van der Waals surface area contributed by atoms with Gasteiger partial charge in [-0.3, -0.25) is 9.59 Å². The van der Waals surface area contributed by atoms with Crippen LogP contribution in [0.4, 0.5) is 5.69 Å². The van der Waals surface area contributed by atoms with Crippen molar-refractivity contribution in [2.75, 3.05) is 18.1 Å². The Morgan fingerprint density at radius 1 is 1.00 bits per heavy atom. The third kappa shape index (κ3) is 6.03. The molecule has 0 saturated carbocycles. The van der Waals surface area contributed by atoms with Gasteiger partial charge in [-0.05, 0) is 80.3 Å². The van der Waals surface area contributed by atoms with Crippen LogP contribution in [0.2, 0.25) is 0 Å². The Hall–Kier alpha value is -4.39. The largest absolute Gasteiger partial charge is 0.493 e. The third-order valence-corrected chi connectivity index (χ3v) is 7.22. The zero-order chi connectivity index (χ0) is 27.4. The predicted octanol–water partition coefficient (Wildman–Crippen LogP) is 6.05. The molecule has 0 radical (unpaired) electrons. The number of hydrogen-bond donors (Lipinski definition) is 1. The maximum absolute atomic E-state index is 11.7. The SMILES string of the molecule is CC(=O)c1ccc(N2CCc3c(OCCc4nc(-c5ccccc5)oc4C)ccc(CCC(=O)O)c3C2)cc1. The second kappa shape index (κ2) is 11.6. The Kier molecular flexibility index (Phi) is 7.77. The number of oxazole rings is 1. The molecule has 3 aromatic carbocycles. The van der Waals surface area contributed by atoms with Crippen LogP contribution in [0.1, 0.15) is 51.8 Å². The average molecular weight is 525 g/mol. The van der Waals surface area contributed by atoms with E-state index in [4.69, 9.17) is 9.15 Å². The molecule has 0 spiro atoms. The number of fused-ring (bicyclic) bond motifs is 1. The highest BCUT2D eigenvalue weighted by molar-refractivity contribution is 5.94. The quantitative estimate of drug-likeness (QED) is 0.252. The Morgan fingerprint density at radius 3 is 2.49 bits per heavy atom. The Labute approximate surface area is 228 Å². The van der Waals surface area contributed by atoms with Crippen molar-refractivity contribution in [2.24, 2.45) is 0 Å². The molecular formula is C32H32N2O5. The second-order valence-electron chi connectivity index (χ2n) is 9.83. The normalized spacial score (nSPS) is 12.7. The van der Waals surface area contributed by atoms with Gasteiger partial charge in [-0.1, -0.05) is 24.3 Å². The van der Waals surface area contributed by atoms with Gasteiger partial charge in [0.1, 0.15) is 11.5 Å². The van der Waals surface area contributed by atoms with Crippen molar-refractivity contribution in [2.45, 2.75) is 46.1 Å². The number of ketones is 1. The van der Waals surface area contributed by atoms with Crippen molar-refractivity contribution < 1.29 is 23.8 Å². The van der Waals surface area contributed by atoms with Crippen molar-refractivity contribution in [1.82, 2.24) is 4.98 Å². The summed E-state index contributed by atoms with van der Waals surface area (Å²) in [5.74, 6) is 1.46. The maximum Gasteiger partial charge on any atom is 0.303 e. The standard InChI is InChI=1S/C32H32N2O5/c1-21(35)23-8-12-26(13-9-23)34-18-16-27-28(20-34)24(11-15-31(36)37)10-14-30(27)38-19-17-29-22(2)39-32(33-29)25-6-4-3-5-7-25/h3-10,12-14H,11,15-20H2,1-2H3,(H,36,37). The van der Waals surface area contributed by atoms with Crippen LogP contribution in [-0.4, -0.2) is 35.0 Å². The molecule has 0 aliphatic carbocycles. The molecule has 0 saturated heterocycles. The number of carboxylic acid groups (broad SMARTS) is 1. The third-order valence-electron chi connectivity index (χ3n) is 7.22. The number of carboxylic acids is 1. The van der Waals surface area contributed by atoms with E-state index in [1.54, 1.807) is 6.92 Å². The number of carbonyl (C=O) groups is 2. The lowest BCUT2D eigenvalue weighted by Gasteiger charge is -2.33. The van der Waals surface area contributed by atoms with E-state index in [0.717, 1.165) is 58.1 Å². The molecule has 200 valence electrons. The first-order chi connectivity index (χ1) is 18.9. The summed E-state index contributed by atoms with van der Waals surface area (Å²) in [6.45, 7) is 5.40. The van der Waals surface area contributed by atoms with Crippen LogP contribution < -0.4 is 9.64 Å². The molecule has 1 aliphatic rings. The fraction of sp³-hybridized carbons (Fsp3) is 0.281. The van der Waals surface area contributed by atoms with E-state index in [2.05, 4.69) is 9.88 Å². The molecule has 4 aromatic rings. The molecule has 0 fully saturated rings. The fourth-order valence-electron chi connectivity index (χ4n) is 5.07. The Morgan fingerprint density at radius 2 is 1.77 bits per heavy atom. The second-order valence-corrected chi connectivity index (χ2v) is 9.83. The number of ether oxygens (including phenoxy) is 1. The van der Waals surface area contributed by atoms with E-state index < -0.39 is 5.97 Å². The van der Waals surface area contributed by atoms with E-state index in [1.165, 1.54) is 0 Å². The monoisotopic (exact) mass is 524 g/mol. The molecular weight excluding hydrogens is 492 g/mol. The van der Waals surface area contributed by atoms with Crippen LogP contribution in [0, 0.1) is 6.92 Å². The fourth-order valence-corrected chi connectivity index (χ4v) is 5.07. The van der Waals surface area contributed by atoms with Gasteiger partial charge in [0.25, 0.3) is 0 Å². The maximum atomic E-state index is 11.7. The van der Waals surface area contributed by atoms with Gasteiger partial charge in [-0.25, -0.2) is 4.98 Å². The molecule has 39 heavy (non-hydrogen) atoms. The van der Waals surface area contributed by atoms with Crippen molar-refractivity contribution >= 4 is 17.4 Å². The van der Waals surface area contributed by atoms with Gasteiger partial charge in [0.2, 0.25) is 5.89 Å². The first-order valence-electron chi connectivity index (χ1n) is 13.2. The lowest BCUT2D eigenvalue weighted by Crippen LogP contribution is -2.31. The molecule has 0 amide bonds. The number of carbonyl (C=O) groups excluding carboxylic acids is 1. The van der Waals surface area contributed by atoms with Gasteiger partial charge in [0.05, 0.1) is 12.3 Å². The van der Waals surface area contributed by atoms with E-state index in [-0.39, 0.29) is 12.2 Å². The van der Waals surface area contributed by atoms with Crippen LogP contribution >= 0.6 is 0 Å². The predicted molar refractivity (Wildman–Crippen MR) is 149 cm³/mol. The summed E-state index contributed by atoms with van der Waals surface area (Å²) in [4.78, 5) is 29.9. The zero-order valence-electron chi connectivity index (χ0n) is 22.3. The number of aryl methyl sites for hydroxylation is 2. The summed E-state index contributed by atoms with van der Waals surface area (Å²) >= 11 is 0. The zero-order valence-corrected chi connectivity index (χ0v) is 22.3. The van der Waals surface area contributed by atoms with Crippen LogP contribution in [-0.2, 0) is 30.6 Å². The molecule has 1 N–H and O–H groups in total. The minimum absolute atomic E-state index is 0.0420. The Balaban J connectivity index is 1.33. The molecule has 1 aromatic heterocycles. The van der Waals surface area contributed by atoms with Crippen LogP contribution in [0.5, 0.6) is 5.75 Å². The molecule has 7 heteroatoms. The van der Waals surface area contributed by atoms with Crippen LogP contribution in [0.3, 0.4) is 0 Å². The van der Waals surface area contributed by atoms with Gasteiger partial charge < -0.3 is 19.2 Å². The van der Waals surface area contributed by atoms with Gasteiger partial charge in [-0.15, -0.1) is 0 Å². The van der Waals surface area contributed by atoms with Crippen LogP contribution in [0.15, 0.2) is 71.1 Å². The highest BCUT2D eigenvalue weighted by atomic mass is 16.5. The first-order valence-corrected chi connectivity index (χ1v) is 13.2. The average Bonchev–Trinajstić information content (AvgIpc) is 3.32. The highest BCUT2D eigenvalue weighted by Gasteiger charge is 2.23. The number of anilines is 1. The van der Waals surface area contributed by atoms with Gasteiger partial charge in [0.15, 0.2) is 5.78 Å². The first kappa shape index (κ1) is 26.2. The van der Waals surface area contributed by atoms with Crippen LogP contribution in [0.25, 0.3) is 11.5 Å². The van der Waals surface area contributed by atoms with Gasteiger partial charge in [0, 0.05) is 48.3 Å². The molecule has 0 bridgehead atoms. The van der Waals surface area contributed by atoms with Crippen molar-refractivity contribution in [1.29, 1.82) is 0 Å². The number of aliphatic carboxylic acids is 1. The summed E-state index contributed by atoms with van der Waals surface area (Å²) in [5.41, 5.74) is 6.84. The number of benzene rings is 3. The minimum Gasteiger partial charge on any atom is -0.493 e. The Bertz CT molecular complexity index is 1470. The number of Topliss-reactive ketones (excluding diaryl/α,β-unsaturated/α-hetero) is 1. The molecule has 0 atom stereocenters. The summed E-state index contributed by atoms with van der Waals surface area (Å²) < 4.78 is 12.2. The van der Waals surface area contributed by atoms with Crippen molar-refractivity contribution in [3.8, 4) is 17.2 Å². The molecule has 2 heterocycles. The van der Waals surface area contributed by atoms with E-state index in [1.807, 2.05) is 73.7 Å². The van der Waals surface area contributed by atoms with E-state index >= 15 is 0 Å². The summed E-state index contributed by atoms with van der Waals surface area (Å²) in [5, 5.41) is 9.28. The summed E-state index contributed by atoms with van der Waals surface area (Å²) in [6.07, 6.45) is 1.94. The lowest BCUT2D eigenvalue weighted by atomic mass is 9.91. The van der Waals surface area contributed by atoms with E-state index in [0.29, 0.717) is 37.4 Å². The van der Waals surface area contributed by atoms with Crippen molar-refractivity contribution in [3.05, 3.63) is 100 Å². The lowest BCUT2D eigenvalue weighted by molar-refractivity contribution is -0.136. The smallest absolute Gasteiger partial charge is 0.303 e. The number of nitrogens with zero attached hydrogens (tertiary/aromatic N) is 2. The van der Waals surface area contributed by atoms with Gasteiger partial charge in [-0.2, -0.15) is 0 Å². The number of rotatable bonds is 10. The summed E-state index contributed by atoms with van der Waals surface area (Å²) in [7, 11) is 0. The van der Waals surface area contributed by atoms with Crippen molar-refractivity contribution in [3.63, 3.8) is 0 Å². The van der Waals surface area contributed by atoms with E-state index in [9.17, 15) is 14.7 Å². The number of aromatic nitrogens is 1. The summed E-state index contributed by atoms with van der Waals surface area (Å²) in [6, 6.07) is 21.5. The highest BCUT2D eigenvalue weighted by Crippen LogP contribution is 2.34. The molecule has 1 aliphatic heterocycles. The molecule has 0 unspecified atom stereocenters. The topological polar surface area (TPSA) is 92.9 Å². The molecule has 5 rings (SSSR count). The number of hydrogen-bond acceptors (Lipinski definition) is 6. The minimum atomic E-state index is -0.811. The molecule has 7 nitrogen and oxygen atoms in total. The van der Waals surface area contributed by atoms with Gasteiger partial charge >= 0.3 is 5.97 Å².